The molecule has 1 saturated heterocycles. The van der Waals surface area contributed by atoms with Gasteiger partial charge in [-0.2, -0.15) is 13.2 Å². The van der Waals surface area contributed by atoms with E-state index in [1.165, 1.54) is 11.8 Å². The van der Waals surface area contributed by atoms with E-state index >= 15 is 0 Å². The molecule has 0 aromatic rings. The molecule has 1 heterocycles. The molecule has 2 unspecified atom stereocenters. The van der Waals surface area contributed by atoms with Crippen LogP contribution >= 0.6 is 0 Å². The van der Waals surface area contributed by atoms with Crippen LogP contribution in [0.5, 0.6) is 0 Å². The molecule has 0 radical (unpaired) electrons. The van der Waals surface area contributed by atoms with Gasteiger partial charge < -0.3 is 15.5 Å². The second-order valence-electron chi connectivity index (χ2n) is 5.83. The molecule has 5 nitrogen and oxygen atoms in total. The number of halogens is 3. The molecule has 0 aliphatic carbocycles. The molecule has 128 valence electrons. The summed E-state index contributed by atoms with van der Waals surface area (Å²) in [7, 11) is 0. The summed E-state index contributed by atoms with van der Waals surface area (Å²) >= 11 is 0. The van der Waals surface area contributed by atoms with Crippen LogP contribution in [0.25, 0.3) is 0 Å². The van der Waals surface area contributed by atoms with Gasteiger partial charge in [-0.1, -0.05) is 0 Å². The highest BCUT2D eigenvalue weighted by atomic mass is 19.4. The van der Waals surface area contributed by atoms with Gasteiger partial charge in [-0.15, -0.1) is 0 Å². The average molecular weight is 323 g/mol. The lowest BCUT2D eigenvalue weighted by Crippen LogP contribution is -2.49. The minimum atomic E-state index is -4.41. The molecule has 1 rings (SSSR count). The molecule has 1 aliphatic heterocycles. The molecule has 2 N–H and O–H groups in total. The Bertz CT molecular complexity index is 399. The number of hydrogen-bond donors (Lipinski definition) is 1. The Balaban J connectivity index is 2.66. The van der Waals surface area contributed by atoms with Crippen molar-refractivity contribution in [1.29, 1.82) is 0 Å². The van der Waals surface area contributed by atoms with Gasteiger partial charge in [0.15, 0.2) is 0 Å². The number of rotatable bonds is 5. The van der Waals surface area contributed by atoms with E-state index in [9.17, 15) is 22.8 Å². The van der Waals surface area contributed by atoms with E-state index in [1.54, 1.807) is 6.92 Å². The summed E-state index contributed by atoms with van der Waals surface area (Å²) in [6.07, 6.45) is -3.11. The topological polar surface area (TPSA) is 66.6 Å². The fraction of sp³-hybridized carbons (Fsp3) is 0.857. The second kappa shape index (κ2) is 7.80. The van der Waals surface area contributed by atoms with Crippen LogP contribution in [-0.2, 0) is 9.59 Å². The van der Waals surface area contributed by atoms with Gasteiger partial charge in [0.1, 0.15) is 6.54 Å². The highest BCUT2D eigenvalue weighted by molar-refractivity contribution is 5.81. The molecule has 8 heteroatoms. The fourth-order valence-corrected chi connectivity index (χ4v) is 2.63. The molecule has 22 heavy (non-hydrogen) atoms. The van der Waals surface area contributed by atoms with Crippen molar-refractivity contribution in [3.05, 3.63) is 0 Å². The third-order valence-corrected chi connectivity index (χ3v) is 3.68. The average Bonchev–Trinajstić information content (AvgIpc) is 2.42. The van der Waals surface area contributed by atoms with E-state index in [-0.39, 0.29) is 31.5 Å². The summed E-state index contributed by atoms with van der Waals surface area (Å²) in [4.78, 5) is 26.6. The maximum absolute atomic E-state index is 12.5. The van der Waals surface area contributed by atoms with Gasteiger partial charge >= 0.3 is 6.18 Å². The van der Waals surface area contributed by atoms with Gasteiger partial charge in [0, 0.05) is 32.1 Å². The van der Waals surface area contributed by atoms with Gasteiger partial charge in [0.2, 0.25) is 11.8 Å². The van der Waals surface area contributed by atoms with Crippen molar-refractivity contribution >= 4 is 11.8 Å². The van der Waals surface area contributed by atoms with Gasteiger partial charge in [0.05, 0.1) is 5.92 Å². The summed E-state index contributed by atoms with van der Waals surface area (Å²) in [5.41, 5.74) is 5.59. The number of alkyl halides is 3. The van der Waals surface area contributed by atoms with Crippen molar-refractivity contribution in [3.63, 3.8) is 0 Å². The van der Waals surface area contributed by atoms with Crippen LogP contribution in [0.1, 0.15) is 33.1 Å². The zero-order valence-corrected chi connectivity index (χ0v) is 13.0. The zero-order valence-electron chi connectivity index (χ0n) is 13.0. The number of carbonyl (C=O) groups is 2. The summed E-state index contributed by atoms with van der Waals surface area (Å²) in [6, 6.07) is -0.277. The van der Waals surface area contributed by atoms with Crippen LogP contribution in [0.4, 0.5) is 13.2 Å². The molecule has 0 aromatic carbocycles. The monoisotopic (exact) mass is 323 g/mol. The minimum Gasteiger partial charge on any atom is -0.342 e. The number of piperidine rings is 1. The first-order valence-corrected chi connectivity index (χ1v) is 7.53. The van der Waals surface area contributed by atoms with Crippen LogP contribution < -0.4 is 5.73 Å². The predicted octanol–water partition coefficient (Wildman–Crippen LogP) is 1.37. The lowest BCUT2D eigenvalue weighted by molar-refractivity contribution is -0.164. The van der Waals surface area contributed by atoms with E-state index in [0.29, 0.717) is 19.4 Å². The van der Waals surface area contributed by atoms with Crippen LogP contribution in [0, 0.1) is 5.92 Å². The maximum Gasteiger partial charge on any atom is 0.406 e. The van der Waals surface area contributed by atoms with Crippen LogP contribution in [0.2, 0.25) is 0 Å². The van der Waals surface area contributed by atoms with Crippen LogP contribution in [0.3, 0.4) is 0 Å². The Kier molecular flexibility index (Phi) is 6.65. The molecular weight excluding hydrogens is 299 g/mol. The lowest BCUT2D eigenvalue weighted by Gasteiger charge is -2.35. The van der Waals surface area contributed by atoms with Gasteiger partial charge in [-0.05, 0) is 26.7 Å². The molecule has 1 fully saturated rings. The SMILES string of the molecule is CCN(CC(F)(F)F)C(=O)C1CCCN(C(=O)CC(C)N)C1. The molecule has 0 bridgehead atoms. The number of nitrogens with two attached hydrogens (primary N) is 1. The van der Waals surface area contributed by atoms with Crippen molar-refractivity contribution in [2.75, 3.05) is 26.2 Å². The first-order chi connectivity index (χ1) is 10.1. The second-order valence-corrected chi connectivity index (χ2v) is 5.83. The highest BCUT2D eigenvalue weighted by Gasteiger charge is 2.36. The number of likely N-dealkylation sites (tertiary alicyclic amines) is 1. The number of carbonyl (C=O) groups excluding carboxylic acids is 2. The van der Waals surface area contributed by atoms with Crippen molar-refractivity contribution in [3.8, 4) is 0 Å². The van der Waals surface area contributed by atoms with E-state index in [0.717, 1.165) is 4.90 Å². The molecule has 2 amide bonds. The van der Waals surface area contributed by atoms with E-state index in [4.69, 9.17) is 5.73 Å². The van der Waals surface area contributed by atoms with Crippen LogP contribution in [0.15, 0.2) is 0 Å². The summed E-state index contributed by atoms with van der Waals surface area (Å²) in [6.45, 7) is 2.70. The normalized spacial score (nSPS) is 20.6. The Morgan fingerprint density at radius 3 is 2.55 bits per heavy atom. The van der Waals surface area contributed by atoms with E-state index in [2.05, 4.69) is 0 Å². The molecule has 0 aromatic heterocycles. The zero-order chi connectivity index (χ0) is 16.9. The standard InChI is InChI=1S/C14H24F3N3O2/c1-3-19(9-14(15,16)17)13(22)11-5-4-6-20(8-11)12(21)7-10(2)18/h10-11H,3-9,18H2,1-2H3. The Morgan fingerprint density at radius 1 is 1.41 bits per heavy atom. The van der Waals surface area contributed by atoms with E-state index in [1.807, 2.05) is 0 Å². The largest absolute Gasteiger partial charge is 0.406 e. The van der Waals surface area contributed by atoms with Crippen molar-refractivity contribution < 1.29 is 22.8 Å². The summed E-state index contributed by atoms with van der Waals surface area (Å²) in [5, 5.41) is 0. The predicted molar refractivity (Wildman–Crippen MR) is 75.9 cm³/mol. The van der Waals surface area contributed by atoms with Crippen LogP contribution in [-0.4, -0.2) is 60.0 Å². The Morgan fingerprint density at radius 2 is 2.05 bits per heavy atom. The number of nitrogens with zero attached hydrogens (tertiary/aromatic N) is 2. The van der Waals surface area contributed by atoms with Gasteiger partial charge in [0.25, 0.3) is 0 Å². The van der Waals surface area contributed by atoms with Crippen molar-refractivity contribution in [2.24, 2.45) is 11.7 Å². The van der Waals surface area contributed by atoms with Gasteiger partial charge in [-0.3, -0.25) is 9.59 Å². The Hall–Kier alpha value is -1.31. The fourth-order valence-electron chi connectivity index (χ4n) is 2.63. The summed E-state index contributed by atoms with van der Waals surface area (Å²) < 4.78 is 37.5. The number of hydrogen-bond acceptors (Lipinski definition) is 3. The molecule has 2 atom stereocenters. The first kappa shape index (κ1) is 18.7. The molecule has 0 spiro atoms. The third-order valence-electron chi connectivity index (χ3n) is 3.68. The quantitative estimate of drug-likeness (QED) is 0.831. The van der Waals surface area contributed by atoms with E-state index < -0.39 is 24.5 Å². The highest BCUT2D eigenvalue weighted by Crippen LogP contribution is 2.22. The maximum atomic E-state index is 12.5. The third kappa shape index (κ3) is 5.82. The molecule has 1 aliphatic rings. The Labute approximate surface area is 128 Å². The first-order valence-electron chi connectivity index (χ1n) is 7.53. The van der Waals surface area contributed by atoms with Crippen molar-refractivity contribution in [1.82, 2.24) is 9.80 Å². The van der Waals surface area contributed by atoms with Gasteiger partial charge in [-0.25, -0.2) is 0 Å². The number of amides is 2. The minimum absolute atomic E-state index is 0.00260. The van der Waals surface area contributed by atoms with Crippen molar-refractivity contribution in [2.45, 2.75) is 45.3 Å². The smallest absolute Gasteiger partial charge is 0.342 e. The molecule has 0 saturated carbocycles. The lowest BCUT2D eigenvalue weighted by atomic mass is 9.96. The summed E-state index contributed by atoms with van der Waals surface area (Å²) in [5.74, 6) is -1.24. The molecular formula is C14H24F3N3O2.